The zero-order chi connectivity index (χ0) is 89.5. The van der Waals surface area contributed by atoms with Crippen molar-refractivity contribution in [3.63, 3.8) is 0 Å². The Morgan fingerprint density at radius 1 is 0.363 bits per heavy atom. The van der Waals surface area contributed by atoms with E-state index in [9.17, 15) is 38.4 Å². The molecule has 28 heteroatoms. The fourth-order valence-corrected chi connectivity index (χ4v) is 15.6. The van der Waals surface area contributed by atoms with Gasteiger partial charge in [-0.1, -0.05) is 111 Å². The number of carbonyl (C=O) groups excluding carboxylic acids is 8. The zero-order valence-electron chi connectivity index (χ0n) is 70.1. The fraction of sp³-hybridized carbons (Fsp3) is 0.208. The van der Waals surface area contributed by atoms with Crippen molar-refractivity contribution in [2.45, 2.75) is 77.5 Å². The lowest BCUT2D eigenvalue weighted by Gasteiger charge is -2.23. The molecule has 0 aliphatic heterocycles. The number of pyridine rings is 3. The molecule has 12 aromatic rings. The van der Waals surface area contributed by atoms with Crippen molar-refractivity contribution in [2.24, 2.45) is 46.6 Å². The van der Waals surface area contributed by atoms with Crippen LogP contribution in [-0.2, 0) is 63.8 Å². The molecule has 8 atom stereocenters. The molecule has 0 saturated heterocycles. The summed E-state index contributed by atoms with van der Waals surface area (Å²) in [5.41, 5.74) is 38.7. The molecule has 640 valence electrons. The van der Waals surface area contributed by atoms with Gasteiger partial charge in [0.15, 0.2) is 0 Å². The van der Waals surface area contributed by atoms with Crippen LogP contribution >= 0.6 is 34.0 Å². The van der Waals surface area contributed by atoms with E-state index in [-0.39, 0.29) is 47.5 Å². The van der Waals surface area contributed by atoms with Crippen molar-refractivity contribution in [1.82, 2.24) is 45.8 Å². The summed E-state index contributed by atoms with van der Waals surface area (Å²) < 4.78 is 21.8. The smallest absolute Gasteiger partial charge is 0.311 e. The first-order valence-corrected chi connectivity index (χ1v) is 41.9. The summed E-state index contributed by atoms with van der Waals surface area (Å²) in [6, 6.07) is 54.2. The van der Waals surface area contributed by atoms with Gasteiger partial charge in [-0.3, -0.25) is 53.3 Å². The maximum atomic E-state index is 12.8. The lowest BCUT2D eigenvalue weighted by Crippen LogP contribution is -2.42. The Morgan fingerprint density at radius 2 is 0.734 bits per heavy atom. The first kappa shape index (κ1) is 93.6. The molecule has 7 aromatic heterocycles. The van der Waals surface area contributed by atoms with Crippen molar-refractivity contribution in [1.29, 1.82) is 0 Å². The Bertz CT molecular complexity index is 5270. The zero-order valence-corrected chi connectivity index (χ0v) is 72.6. The summed E-state index contributed by atoms with van der Waals surface area (Å²) in [6.07, 6.45) is 15.4. The van der Waals surface area contributed by atoms with E-state index in [1.54, 1.807) is 82.5 Å². The number of imidazole rings is 1. The quantitative estimate of drug-likeness (QED) is 0.0143. The number of hydrogen-bond donors (Lipinski definition) is 8. The van der Waals surface area contributed by atoms with Gasteiger partial charge in [-0.25, -0.2) is 4.98 Å². The van der Waals surface area contributed by atoms with Gasteiger partial charge in [-0.05, 0) is 222 Å². The van der Waals surface area contributed by atoms with E-state index in [0.29, 0.717) is 68.7 Å². The van der Waals surface area contributed by atoms with Gasteiger partial charge in [0.2, 0.25) is 0 Å². The van der Waals surface area contributed by atoms with Gasteiger partial charge in [-0.2, -0.15) is 0 Å². The third-order valence-electron chi connectivity index (χ3n) is 20.2. The number of carbonyl (C=O) groups is 8. The Morgan fingerprint density at radius 3 is 1.07 bits per heavy atom. The summed E-state index contributed by atoms with van der Waals surface area (Å²) in [7, 11) is 5.39. The van der Waals surface area contributed by atoms with Crippen LogP contribution in [0.4, 0.5) is 0 Å². The number of amides is 4. The van der Waals surface area contributed by atoms with Gasteiger partial charge >= 0.3 is 23.9 Å². The van der Waals surface area contributed by atoms with Gasteiger partial charge in [0.25, 0.3) is 23.6 Å². The number of nitrogens with two attached hydrogens (primary N) is 4. The number of nitrogens with one attached hydrogen (secondary N) is 4. The number of benzene rings is 5. The molecule has 8 unspecified atom stereocenters. The molecule has 0 fully saturated rings. The first-order valence-electron chi connectivity index (χ1n) is 39.3. The summed E-state index contributed by atoms with van der Waals surface area (Å²) in [4.78, 5) is 119. The molecular weight excluding hydrogens is 1620 g/mol. The largest absolute Gasteiger partial charge is 0.469 e. The fourth-order valence-electron chi connectivity index (χ4n) is 13.2. The average molecular weight is 1730 g/mol. The molecule has 4 amide bonds. The highest BCUT2D eigenvalue weighted by atomic mass is 32.1. The molecule has 12 N–H and O–H groups in total. The molecule has 0 saturated carbocycles. The van der Waals surface area contributed by atoms with Crippen LogP contribution in [0, 0.1) is 23.7 Å². The molecule has 124 heavy (non-hydrogen) atoms. The number of esters is 4. The van der Waals surface area contributed by atoms with Crippen LogP contribution in [0.5, 0.6) is 0 Å². The lowest BCUT2D eigenvalue weighted by atomic mass is 9.92. The number of methoxy groups -OCH3 is 4. The predicted octanol–water partition coefficient (Wildman–Crippen LogP) is 14.6. The van der Waals surface area contributed by atoms with E-state index in [2.05, 4.69) is 67.5 Å². The summed E-state index contributed by atoms with van der Waals surface area (Å²) >= 11 is 4.04. The van der Waals surface area contributed by atoms with Gasteiger partial charge in [0.1, 0.15) is 0 Å². The third kappa shape index (κ3) is 26.9. The Kier molecular flexibility index (Phi) is 34.7. The van der Waals surface area contributed by atoms with Crippen molar-refractivity contribution in [2.75, 3.05) is 28.4 Å². The van der Waals surface area contributed by atoms with Gasteiger partial charge in [0.05, 0.1) is 78.8 Å². The number of ether oxygens (including phenoxy) is 4. The average Bonchev–Trinajstić information content (AvgIpc) is 1.03. The van der Waals surface area contributed by atoms with Crippen molar-refractivity contribution in [3.8, 4) is 39.2 Å². The second-order valence-corrected chi connectivity index (χ2v) is 31.8. The number of thiophene rings is 3. The molecule has 25 nitrogen and oxygen atoms in total. The van der Waals surface area contributed by atoms with E-state index in [1.165, 1.54) is 62.4 Å². The van der Waals surface area contributed by atoms with E-state index >= 15 is 0 Å². The monoisotopic (exact) mass is 1720 g/mol. The molecule has 0 bridgehead atoms. The molecule has 7 heterocycles. The minimum Gasteiger partial charge on any atom is -0.469 e. The van der Waals surface area contributed by atoms with Crippen LogP contribution in [0.1, 0.15) is 112 Å². The van der Waals surface area contributed by atoms with Crippen LogP contribution in [-0.4, -0.2) is 125 Å². The standard InChI is InChI=1S/C24H26N4O3.3C24H25N3O3S/c1-16(25)20-6-4-5-18(13-20)14-22(24(30)31-3)17(2)27-23(29)19-7-9-21(10-8-19)28-12-11-26-15-28;1-15(25)18-7-4-6-17(10-18)11-21(24(29)30-3)16(2)27-23(28)22-12-20(14-31-22)19-8-5-9-26-13-19;1-15(25)18-8-6-7-17(11-18)12-20(24(29)30-3)16(2)27-23(28)22-13-19(14-31-22)21-9-4-5-10-26-21;1-15(25)19-6-4-5-17(11-19)12-21(24(29)30-3)16(2)27-23(28)22-13-20(14-31-22)18-7-9-26-10-8-18/h4-13,15,17,22H,1,14,25H2,2-3H3,(H,27,29);4-10,12-14,16,21H,1,11,25H2,2-3H3,(H,27,28);4-11,13-14,16,20H,1,12,25H2,2-3H3,(H,27,28);4-11,13-14,16,21H,1,12,25H2,2-3H3,(H,27,28). The number of hydrogen-bond acceptors (Lipinski definition) is 23. The Labute approximate surface area is 733 Å². The number of aromatic nitrogens is 5. The predicted molar refractivity (Wildman–Crippen MR) is 489 cm³/mol. The van der Waals surface area contributed by atoms with Crippen molar-refractivity contribution >= 4 is 104 Å². The molecule has 0 aliphatic carbocycles. The van der Waals surface area contributed by atoms with E-state index in [1.807, 2.05) is 198 Å². The van der Waals surface area contributed by atoms with Crippen molar-refractivity contribution < 1.29 is 57.3 Å². The second-order valence-electron chi connectivity index (χ2n) is 29.1. The maximum absolute atomic E-state index is 12.8. The van der Waals surface area contributed by atoms with Crippen LogP contribution in [0.25, 0.3) is 62.0 Å². The van der Waals surface area contributed by atoms with Crippen molar-refractivity contribution in [3.05, 3.63) is 339 Å². The van der Waals surface area contributed by atoms with E-state index in [0.717, 1.165) is 83.7 Å². The molecule has 0 spiro atoms. The molecule has 12 rings (SSSR count). The first-order chi connectivity index (χ1) is 59.5. The third-order valence-corrected chi connectivity index (χ3v) is 23.0. The minimum atomic E-state index is -0.555. The maximum Gasteiger partial charge on any atom is 0.311 e. The summed E-state index contributed by atoms with van der Waals surface area (Å²) in [5, 5.41) is 17.5. The van der Waals surface area contributed by atoms with Crippen LogP contribution in [0.3, 0.4) is 0 Å². The highest BCUT2D eigenvalue weighted by Gasteiger charge is 2.33. The lowest BCUT2D eigenvalue weighted by molar-refractivity contribution is -0.147. The van der Waals surface area contributed by atoms with Gasteiger partial charge in [-0.15, -0.1) is 34.0 Å². The normalized spacial score (nSPS) is 12.6. The van der Waals surface area contributed by atoms with Gasteiger partial charge < -0.3 is 67.7 Å². The Balaban J connectivity index is 0.000000187. The number of nitrogens with zero attached hydrogens (tertiary/aromatic N) is 5. The van der Waals surface area contributed by atoms with Crippen LogP contribution in [0.15, 0.2) is 274 Å². The molecule has 0 radical (unpaired) electrons. The van der Waals surface area contributed by atoms with E-state index in [4.69, 9.17) is 41.9 Å². The highest BCUT2D eigenvalue weighted by Crippen LogP contribution is 2.31. The highest BCUT2D eigenvalue weighted by molar-refractivity contribution is 7.13. The summed E-state index contributed by atoms with van der Waals surface area (Å²) in [5.74, 6) is -4.69. The number of rotatable bonds is 32. The minimum absolute atomic E-state index is 0.226. The SMILES string of the molecule is C=C(N)c1cccc(CC(C(=O)OC)C(C)NC(=O)c2cc(-c3ccccn3)cs2)c1.C=C(N)c1cccc(CC(C(=O)OC)C(C)NC(=O)c2cc(-c3cccnc3)cs2)c1.C=C(N)c1cccc(CC(C(=O)OC)C(C)NC(=O)c2cc(-c3ccncc3)cs2)c1.C=C(N)c1cccc(CC(C(=O)OC)C(C)NC(=O)c2ccc(-n3ccnc3)cc2)c1. The molecule has 0 aliphatic rings. The van der Waals surface area contributed by atoms with Gasteiger partial charge in [0, 0.05) is 118 Å². The van der Waals surface area contributed by atoms with E-state index < -0.39 is 47.8 Å². The Hall–Kier alpha value is -14.2. The topological polar surface area (TPSA) is 382 Å². The van der Waals surface area contributed by atoms with Crippen LogP contribution < -0.4 is 44.2 Å². The van der Waals surface area contributed by atoms with Crippen LogP contribution in [0.2, 0.25) is 0 Å². The summed E-state index contributed by atoms with van der Waals surface area (Å²) in [6.45, 7) is 22.2. The molecule has 5 aromatic carbocycles. The second kappa shape index (κ2) is 46.0. The molecular formula is C96H101N13O12S3.